The Labute approximate surface area is 81.6 Å². The molecule has 0 fully saturated rings. The molecule has 0 unspecified atom stereocenters. The van der Waals surface area contributed by atoms with E-state index in [1.54, 1.807) is 6.20 Å². The van der Waals surface area contributed by atoms with Crippen molar-refractivity contribution in [3.63, 3.8) is 0 Å². The predicted octanol–water partition coefficient (Wildman–Crippen LogP) is 3.89. The van der Waals surface area contributed by atoms with Crippen molar-refractivity contribution in [1.82, 2.24) is 0 Å². The van der Waals surface area contributed by atoms with E-state index in [0.29, 0.717) is 0 Å². The second kappa shape index (κ2) is 6.41. The number of nitrogens with zero attached hydrogens (tertiary/aromatic N) is 1. The summed E-state index contributed by atoms with van der Waals surface area (Å²) < 4.78 is 0. The molecular formula is C12H19N. The number of hydrogen-bond donors (Lipinski definition) is 0. The van der Waals surface area contributed by atoms with Gasteiger partial charge in [-0.05, 0) is 38.8 Å². The van der Waals surface area contributed by atoms with Crippen LogP contribution in [0.2, 0.25) is 0 Å². The summed E-state index contributed by atoms with van der Waals surface area (Å²) in [4.78, 5) is 4.22. The lowest BCUT2D eigenvalue weighted by Crippen LogP contribution is -1.97. The van der Waals surface area contributed by atoms with Crippen LogP contribution in [0, 0.1) is 0 Å². The van der Waals surface area contributed by atoms with Gasteiger partial charge in [0.05, 0.1) is 5.71 Å². The van der Waals surface area contributed by atoms with Crippen molar-refractivity contribution in [2.45, 2.75) is 34.1 Å². The van der Waals surface area contributed by atoms with Gasteiger partial charge in [0.25, 0.3) is 0 Å². The first-order chi connectivity index (χ1) is 6.17. The van der Waals surface area contributed by atoms with E-state index in [9.17, 15) is 0 Å². The van der Waals surface area contributed by atoms with Crippen LogP contribution in [0.5, 0.6) is 0 Å². The average Bonchev–Trinajstić information content (AvgIpc) is 2.15. The highest BCUT2D eigenvalue weighted by atomic mass is 14.7. The minimum absolute atomic E-state index is 1.01. The maximum atomic E-state index is 4.22. The molecule has 13 heavy (non-hydrogen) atoms. The van der Waals surface area contributed by atoms with Gasteiger partial charge in [0, 0.05) is 6.20 Å². The van der Waals surface area contributed by atoms with Crippen molar-refractivity contribution >= 4 is 5.71 Å². The molecule has 72 valence electrons. The number of rotatable bonds is 4. The third-order valence-electron chi connectivity index (χ3n) is 2.11. The van der Waals surface area contributed by atoms with Gasteiger partial charge in [-0.3, -0.25) is 4.99 Å². The SMILES string of the molecule is C=CN=C(/C=C\C)/C(C)=C(/C)CC. The summed E-state index contributed by atoms with van der Waals surface area (Å²) in [6.45, 7) is 12.0. The average molecular weight is 177 g/mol. The second-order valence-electron chi connectivity index (χ2n) is 2.96. The van der Waals surface area contributed by atoms with Gasteiger partial charge < -0.3 is 0 Å². The minimum atomic E-state index is 1.01. The van der Waals surface area contributed by atoms with Crippen LogP contribution in [-0.4, -0.2) is 5.71 Å². The fourth-order valence-electron chi connectivity index (χ4n) is 1.00. The Morgan fingerprint density at radius 3 is 2.38 bits per heavy atom. The maximum Gasteiger partial charge on any atom is 0.0654 e. The van der Waals surface area contributed by atoms with Crippen molar-refractivity contribution in [3.8, 4) is 0 Å². The van der Waals surface area contributed by atoms with Gasteiger partial charge in [-0.2, -0.15) is 0 Å². The molecule has 0 spiro atoms. The summed E-state index contributed by atoms with van der Waals surface area (Å²) in [7, 11) is 0. The zero-order chi connectivity index (χ0) is 10.3. The van der Waals surface area contributed by atoms with Gasteiger partial charge >= 0.3 is 0 Å². The van der Waals surface area contributed by atoms with Crippen LogP contribution in [-0.2, 0) is 0 Å². The van der Waals surface area contributed by atoms with Crippen molar-refractivity contribution in [2.24, 2.45) is 4.99 Å². The number of aliphatic imine (C=N–C) groups is 1. The molecule has 0 rings (SSSR count). The van der Waals surface area contributed by atoms with Crippen LogP contribution in [0.3, 0.4) is 0 Å². The summed E-state index contributed by atoms with van der Waals surface area (Å²) in [6.07, 6.45) is 6.66. The van der Waals surface area contributed by atoms with Crippen LogP contribution in [0.15, 0.2) is 41.1 Å². The number of allylic oxidation sites excluding steroid dienone is 4. The Bertz CT molecular complexity index is 254. The first-order valence-electron chi connectivity index (χ1n) is 4.65. The largest absolute Gasteiger partial charge is 0.257 e. The fraction of sp³-hybridized carbons (Fsp3) is 0.417. The van der Waals surface area contributed by atoms with Crippen LogP contribution < -0.4 is 0 Å². The van der Waals surface area contributed by atoms with E-state index in [1.807, 2.05) is 19.1 Å². The van der Waals surface area contributed by atoms with Crippen LogP contribution in [0.25, 0.3) is 0 Å². The molecule has 0 radical (unpaired) electrons. The molecule has 0 saturated carbocycles. The van der Waals surface area contributed by atoms with E-state index in [-0.39, 0.29) is 0 Å². The van der Waals surface area contributed by atoms with Gasteiger partial charge in [-0.15, -0.1) is 0 Å². The Hall–Kier alpha value is -1.11. The highest BCUT2D eigenvalue weighted by molar-refractivity contribution is 6.08. The van der Waals surface area contributed by atoms with Gasteiger partial charge in [-0.1, -0.05) is 25.2 Å². The van der Waals surface area contributed by atoms with E-state index in [1.165, 1.54) is 11.1 Å². The quantitative estimate of drug-likeness (QED) is 0.578. The van der Waals surface area contributed by atoms with E-state index < -0.39 is 0 Å². The molecule has 0 N–H and O–H groups in total. The van der Waals surface area contributed by atoms with Gasteiger partial charge in [0.15, 0.2) is 0 Å². The minimum Gasteiger partial charge on any atom is -0.257 e. The highest BCUT2D eigenvalue weighted by Gasteiger charge is 1.99. The van der Waals surface area contributed by atoms with Gasteiger partial charge in [-0.25, -0.2) is 0 Å². The second-order valence-corrected chi connectivity index (χ2v) is 2.96. The highest BCUT2D eigenvalue weighted by Crippen LogP contribution is 2.10. The molecule has 0 aliphatic rings. The first kappa shape index (κ1) is 11.9. The van der Waals surface area contributed by atoms with Crippen LogP contribution >= 0.6 is 0 Å². The summed E-state index contributed by atoms with van der Waals surface area (Å²) in [5, 5.41) is 0. The molecule has 0 aliphatic heterocycles. The first-order valence-corrected chi connectivity index (χ1v) is 4.65. The lowest BCUT2D eigenvalue weighted by Gasteiger charge is -2.04. The van der Waals surface area contributed by atoms with Crippen LogP contribution in [0.4, 0.5) is 0 Å². The van der Waals surface area contributed by atoms with Crippen molar-refractivity contribution in [2.75, 3.05) is 0 Å². The molecule has 0 aromatic carbocycles. The summed E-state index contributed by atoms with van der Waals surface area (Å²) in [5.74, 6) is 0. The van der Waals surface area contributed by atoms with Crippen molar-refractivity contribution in [3.05, 3.63) is 36.1 Å². The normalized spacial score (nSPS) is 14.6. The molecule has 0 amide bonds. The van der Waals surface area contributed by atoms with Crippen LogP contribution in [0.1, 0.15) is 34.1 Å². The van der Waals surface area contributed by atoms with Gasteiger partial charge in [0.2, 0.25) is 0 Å². The Morgan fingerprint density at radius 2 is 2.00 bits per heavy atom. The summed E-state index contributed by atoms with van der Waals surface area (Å²) >= 11 is 0. The standard InChI is InChI=1S/C12H19N/c1-6-9-12(13-8-3)11(5)10(4)7-2/h6,8-9H,3,7H2,1-2,4-5H3/b9-6-,11-10-,13-12?. The van der Waals surface area contributed by atoms with Crippen molar-refractivity contribution in [1.29, 1.82) is 0 Å². The maximum absolute atomic E-state index is 4.22. The van der Waals surface area contributed by atoms with E-state index in [4.69, 9.17) is 0 Å². The molecule has 0 bridgehead atoms. The smallest absolute Gasteiger partial charge is 0.0654 e. The molecule has 0 atom stereocenters. The summed E-state index contributed by atoms with van der Waals surface area (Å²) in [5.41, 5.74) is 3.64. The fourth-order valence-corrected chi connectivity index (χ4v) is 1.00. The molecule has 0 aromatic rings. The van der Waals surface area contributed by atoms with Crippen molar-refractivity contribution < 1.29 is 0 Å². The lowest BCUT2D eigenvalue weighted by atomic mass is 10.0. The molecule has 0 heterocycles. The van der Waals surface area contributed by atoms with Gasteiger partial charge in [0.1, 0.15) is 0 Å². The zero-order valence-corrected chi connectivity index (χ0v) is 9.09. The van der Waals surface area contributed by atoms with E-state index in [2.05, 4.69) is 32.3 Å². The van der Waals surface area contributed by atoms with E-state index >= 15 is 0 Å². The predicted molar refractivity (Wildman–Crippen MR) is 61.1 cm³/mol. The molecule has 1 nitrogen and oxygen atoms in total. The Kier molecular flexibility index (Phi) is 5.86. The third-order valence-corrected chi connectivity index (χ3v) is 2.11. The Balaban J connectivity index is 4.96. The third kappa shape index (κ3) is 3.88. The zero-order valence-electron chi connectivity index (χ0n) is 9.09. The summed E-state index contributed by atoms with van der Waals surface area (Å²) in [6, 6.07) is 0. The molecular weight excluding hydrogens is 158 g/mol. The molecule has 1 heteroatoms. The Morgan fingerprint density at radius 1 is 1.38 bits per heavy atom. The monoisotopic (exact) mass is 177 g/mol. The molecule has 0 aromatic heterocycles. The number of hydrogen-bond acceptors (Lipinski definition) is 1. The molecule has 0 saturated heterocycles. The topological polar surface area (TPSA) is 12.4 Å². The lowest BCUT2D eigenvalue weighted by molar-refractivity contribution is 1.08. The molecule has 0 aliphatic carbocycles. The van der Waals surface area contributed by atoms with E-state index in [0.717, 1.165) is 12.1 Å².